The number of β-lactam (4-membered cyclic amide) rings is 1. The molecule has 2 atom stereocenters. The molecule has 12 heavy (non-hydrogen) atoms. The summed E-state index contributed by atoms with van der Waals surface area (Å²) in [5.74, 6) is -1.01. The van der Waals surface area contributed by atoms with Gasteiger partial charge in [-0.3, -0.25) is 4.79 Å². The maximum atomic E-state index is 11.1. The van der Waals surface area contributed by atoms with E-state index in [0.717, 1.165) is 0 Å². The van der Waals surface area contributed by atoms with Crippen LogP contribution in [0.4, 0.5) is 0 Å². The molecule has 1 fully saturated rings. The van der Waals surface area contributed by atoms with Gasteiger partial charge in [0.1, 0.15) is 6.04 Å². The van der Waals surface area contributed by atoms with Crippen molar-refractivity contribution in [2.24, 2.45) is 0 Å². The third kappa shape index (κ3) is 1.36. The first-order chi connectivity index (χ1) is 5.34. The minimum atomic E-state index is -1.66. The average Bonchev–Trinajstić information content (AvgIpc) is 1.77. The molecular weight excluding hydrogens is 174 g/mol. The summed E-state index contributed by atoms with van der Waals surface area (Å²) < 4.78 is 0. The normalized spacial score (nSPS) is 29.1. The lowest BCUT2D eigenvalue weighted by Crippen LogP contribution is -2.65. The van der Waals surface area contributed by atoms with Crippen LogP contribution in [0.3, 0.4) is 0 Å². The number of carboxylic acids is 1. The summed E-state index contributed by atoms with van der Waals surface area (Å²) in [4.78, 5) is 21.6. The predicted molar refractivity (Wildman–Crippen MR) is 46.7 cm³/mol. The molecule has 0 saturated carbocycles. The van der Waals surface area contributed by atoms with Gasteiger partial charge in [0.15, 0.2) is 0 Å². The molecule has 1 amide bonds. The van der Waals surface area contributed by atoms with Crippen LogP contribution in [-0.4, -0.2) is 31.1 Å². The van der Waals surface area contributed by atoms with E-state index < -0.39 is 20.1 Å². The average molecular weight is 187 g/mol. The Morgan fingerprint density at radius 3 is 2.17 bits per heavy atom. The summed E-state index contributed by atoms with van der Waals surface area (Å²) in [5.41, 5.74) is -0.255. The van der Waals surface area contributed by atoms with Crippen LogP contribution in [-0.2, 0) is 9.59 Å². The van der Waals surface area contributed by atoms with Gasteiger partial charge in [0.2, 0.25) is 5.91 Å². The fraction of sp³-hybridized carbons (Fsp3) is 0.714. The molecular formula is C7H13NO3Si. The summed E-state index contributed by atoms with van der Waals surface area (Å²) >= 11 is 0. The molecule has 1 aliphatic heterocycles. The Kier molecular flexibility index (Phi) is 1.99. The molecule has 68 valence electrons. The van der Waals surface area contributed by atoms with Crippen molar-refractivity contribution >= 4 is 20.0 Å². The van der Waals surface area contributed by atoms with Crippen molar-refractivity contribution in [3.63, 3.8) is 0 Å². The van der Waals surface area contributed by atoms with Crippen LogP contribution in [0, 0.1) is 0 Å². The summed E-state index contributed by atoms with van der Waals surface area (Å²) in [6.45, 7) is 6.02. The lowest BCUT2D eigenvalue weighted by atomic mass is 10.1. The Hall–Kier alpha value is -0.843. The number of carboxylic acid groups (broad SMARTS) is 1. The maximum Gasteiger partial charge on any atom is 0.326 e. The second kappa shape index (κ2) is 2.58. The predicted octanol–water partition coefficient (Wildman–Crippen LogP) is 0.278. The van der Waals surface area contributed by atoms with Gasteiger partial charge < -0.3 is 10.4 Å². The first-order valence-electron chi connectivity index (χ1n) is 3.87. The topological polar surface area (TPSA) is 66.4 Å². The number of nitrogens with one attached hydrogen (secondary N) is 1. The van der Waals surface area contributed by atoms with Crippen LogP contribution < -0.4 is 5.32 Å². The van der Waals surface area contributed by atoms with Gasteiger partial charge in [0.25, 0.3) is 0 Å². The minimum Gasteiger partial charge on any atom is -0.480 e. The van der Waals surface area contributed by atoms with E-state index in [-0.39, 0.29) is 11.4 Å². The number of hydrogen-bond acceptors (Lipinski definition) is 2. The van der Waals surface area contributed by atoms with E-state index in [1.807, 2.05) is 19.6 Å². The quantitative estimate of drug-likeness (QED) is 0.482. The smallest absolute Gasteiger partial charge is 0.326 e. The molecule has 0 spiro atoms. The van der Waals surface area contributed by atoms with E-state index >= 15 is 0 Å². The Morgan fingerprint density at radius 2 is 2.00 bits per heavy atom. The Labute approximate surface area is 72.0 Å². The van der Waals surface area contributed by atoms with Gasteiger partial charge in [-0.1, -0.05) is 19.6 Å². The zero-order valence-corrected chi connectivity index (χ0v) is 8.42. The molecule has 1 aliphatic rings. The molecule has 1 rings (SSSR count). The Bertz CT molecular complexity index is 233. The fourth-order valence-electron chi connectivity index (χ4n) is 1.48. The Balaban J connectivity index is 2.75. The van der Waals surface area contributed by atoms with Gasteiger partial charge in [0, 0.05) is 0 Å². The number of carbonyl (C=O) groups excluding carboxylic acids is 1. The highest BCUT2D eigenvalue weighted by atomic mass is 28.3. The summed E-state index contributed by atoms with van der Waals surface area (Å²) in [7, 11) is -1.66. The van der Waals surface area contributed by atoms with Crippen LogP contribution in [0.15, 0.2) is 0 Å². The molecule has 4 nitrogen and oxygen atoms in total. The first kappa shape index (κ1) is 9.25. The van der Waals surface area contributed by atoms with Crippen molar-refractivity contribution in [3.05, 3.63) is 0 Å². The number of amides is 1. The second-order valence-corrected chi connectivity index (χ2v) is 9.52. The van der Waals surface area contributed by atoms with Gasteiger partial charge >= 0.3 is 5.97 Å². The SMILES string of the molecule is C[Si](C)(C)C1C(=O)NC1C(=O)O. The number of hydrogen-bond donors (Lipinski definition) is 2. The highest BCUT2D eigenvalue weighted by molar-refractivity contribution is 6.81. The zero-order valence-electron chi connectivity index (χ0n) is 7.42. The zero-order chi connectivity index (χ0) is 9.52. The summed E-state index contributed by atoms with van der Waals surface area (Å²) in [5, 5.41) is 11.1. The van der Waals surface area contributed by atoms with Gasteiger partial charge in [-0.05, 0) is 0 Å². The van der Waals surface area contributed by atoms with Gasteiger partial charge in [-0.15, -0.1) is 0 Å². The molecule has 0 aromatic rings. The van der Waals surface area contributed by atoms with E-state index in [1.54, 1.807) is 0 Å². The van der Waals surface area contributed by atoms with Crippen molar-refractivity contribution < 1.29 is 14.7 Å². The Morgan fingerprint density at radius 1 is 1.50 bits per heavy atom. The van der Waals surface area contributed by atoms with E-state index in [0.29, 0.717) is 0 Å². The molecule has 2 unspecified atom stereocenters. The lowest BCUT2D eigenvalue weighted by Gasteiger charge is -2.40. The molecule has 0 aromatic carbocycles. The van der Waals surface area contributed by atoms with Crippen molar-refractivity contribution in [2.45, 2.75) is 31.2 Å². The lowest BCUT2D eigenvalue weighted by molar-refractivity contribution is -0.148. The monoisotopic (exact) mass is 187 g/mol. The molecule has 5 heteroatoms. The van der Waals surface area contributed by atoms with Gasteiger partial charge in [-0.2, -0.15) is 0 Å². The van der Waals surface area contributed by atoms with Crippen LogP contribution in [0.25, 0.3) is 0 Å². The molecule has 2 N–H and O–H groups in total. The van der Waals surface area contributed by atoms with Crippen molar-refractivity contribution in [3.8, 4) is 0 Å². The highest BCUT2D eigenvalue weighted by Gasteiger charge is 2.51. The van der Waals surface area contributed by atoms with E-state index in [4.69, 9.17) is 5.11 Å². The maximum absolute atomic E-state index is 11.1. The number of aliphatic carboxylic acids is 1. The van der Waals surface area contributed by atoms with Crippen molar-refractivity contribution in [2.75, 3.05) is 0 Å². The van der Waals surface area contributed by atoms with Crippen LogP contribution >= 0.6 is 0 Å². The highest BCUT2D eigenvalue weighted by Crippen LogP contribution is 2.32. The molecule has 0 radical (unpaired) electrons. The third-order valence-electron chi connectivity index (χ3n) is 2.11. The fourth-order valence-corrected chi connectivity index (χ4v) is 3.57. The summed E-state index contributed by atoms with van der Waals surface area (Å²) in [6, 6.07) is -0.635. The van der Waals surface area contributed by atoms with Gasteiger partial charge in [-0.25, -0.2) is 4.79 Å². The van der Waals surface area contributed by atoms with Crippen molar-refractivity contribution in [1.29, 1.82) is 0 Å². The second-order valence-electron chi connectivity index (χ2n) is 4.17. The van der Waals surface area contributed by atoms with Crippen LogP contribution in [0.5, 0.6) is 0 Å². The molecule has 0 bridgehead atoms. The number of rotatable bonds is 2. The first-order valence-corrected chi connectivity index (χ1v) is 7.45. The number of carbonyl (C=O) groups is 2. The van der Waals surface area contributed by atoms with E-state index in [2.05, 4.69) is 5.32 Å². The largest absolute Gasteiger partial charge is 0.480 e. The summed E-state index contributed by atoms with van der Waals surface area (Å²) in [6.07, 6.45) is 0. The standard InChI is InChI=1S/C7H13NO3Si/c1-12(2,3)5-4(7(10)11)8-6(5)9/h4-5H,1-3H3,(H,8,9)(H,10,11). The van der Waals surface area contributed by atoms with Gasteiger partial charge in [0.05, 0.1) is 13.6 Å². The van der Waals surface area contributed by atoms with Crippen LogP contribution in [0.2, 0.25) is 25.2 Å². The molecule has 0 aromatic heterocycles. The van der Waals surface area contributed by atoms with E-state index in [1.165, 1.54) is 0 Å². The van der Waals surface area contributed by atoms with E-state index in [9.17, 15) is 9.59 Å². The molecule has 1 saturated heterocycles. The molecule has 0 aliphatic carbocycles. The third-order valence-corrected chi connectivity index (χ3v) is 4.57. The van der Waals surface area contributed by atoms with Crippen molar-refractivity contribution in [1.82, 2.24) is 5.32 Å². The minimum absolute atomic E-state index is 0.0958. The molecule has 1 heterocycles. The van der Waals surface area contributed by atoms with Crippen LogP contribution in [0.1, 0.15) is 0 Å².